The molecule has 8 nitrogen and oxygen atoms in total. The molecule has 3 heterocycles. The van der Waals surface area contributed by atoms with Crippen molar-refractivity contribution in [2.24, 2.45) is 11.8 Å². The van der Waals surface area contributed by atoms with E-state index < -0.39 is 5.69 Å². The van der Waals surface area contributed by atoms with E-state index in [9.17, 15) is 19.2 Å². The van der Waals surface area contributed by atoms with Gasteiger partial charge in [0, 0.05) is 32.6 Å². The number of thiophene rings is 1. The van der Waals surface area contributed by atoms with Crippen molar-refractivity contribution in [2.75, 3.05) is 13.1 Å². The Hall–Kier alpha value is -3.20. The summed E-state index contributed by atoms with van der Waals surface area (Å²) < 4.78 is 3.03. The summed E-state index contributed by atoms with van der Waals surface area (Å²) in [5.41, 5.74) is 1.80. The summed E-state index contributed by atoms with van der Waals surface area (Å²) in [6.45, 7) is 8.11. The van der Waals surface area contributed by atoms with Crippen molar-refractivity contribution in [1.29, 1.82) is 0 Å². The maximum atomic E-state index is 13.3. The van der Waals surface area contributed by atoms with Crippen LogP contribution in [0.3, 0.4) is 0 Å². The van der Waals surface area contributed by atoms with E-state index in [0.717, 1.165) is 17.5 Å². The zero-order valence-corrected chi connectivity index (χ0v) is 22.0. The number of amides is 2. The van der Waals surface area contributed by atoms with Crippen molar-refractivity contribution in [3.63, 3.8) is 0 Å². The van der Waals surface area contributed by atoms with Gasteiger partial charge >= 0.3 is 5.69 Å². The number of hydrogen-bond acceptors (Lipinski definition) is 5. The second-order valence-corrected chi connectivity index (χ2v) is 11.0. The van der Waals surface area contributed by atoms with E-state index in [2.05, 4.69) is 19.2 Å². The summed E-state index contributed by atoms with van der Waals surface area (Å²) in [6, 6.07) is 9.66. The predicted molar refractivity (Wildman–Crippen MR) is 142 cm³/mol. The van der Waals surface area contributed by atoms with Gasteiger partial charge in [-0.2, -0.15) is 0 Å². The van der Waals surface area contributed by atoms with E-state index in [1.165, 1.54) is 20.5 Å². The van der Waals surface area contributed by atoms with E-state index in [1.54, 1.807) is 11.4 Å². The molecule has 4 rings (SSSR count). The Balaban J connectivity index is 1.44. The van der Waals surface area contributed by atoms with Crippen LogP contribution in [0.1, 0.15) is 44.2 Å². The van der Waals surface area contributed by atoms with Gasteiger partial charge in [0.15, 0.2) is 0 Å². The molecule has 0 unspecified atom stereocenters. The highest BCUT2D eigenvalue weighted by Crippen LogP contribution is 2.22. The number of carbonyl (C=O) groups is 2. The molecular formula is C27H34N4O4S. The molecule has 1 N–H and O–H groups in total. The van der Waals surface area contributed by atoms with Gasteiger partial charge in [0.1, 0.15) is 11.2 Å². The number of benzene rings is 1. The lowest BCUT2D eigenvalue weighted by atomic mass is 9.92. The molecule has 0 aliphatic carbocycles. The van der Waals surface area contributed by atoms with Crippen molar-refractivity contribution in [3.05, 3.63) is 67.7 Å². The third-order valence-corrected chi connectivity index (χ3v) is 7.64. The van der Waals surface area contributed by atoms with Gasteiger partial charge in [-0.1, -0.05) is 43.7 Å². The minimum atomic E-state index is -0.502. The Bertz CT molecular complexity index is 1340. The van der Waals surface area contributed by atoms with E-state index in [4.69, 9.17) is 0 Å². The second kappa shape index (κ2) is 11.2. The minimum absolute atomic E-state index is 0.0944. The molecular weight excluding hydrogens is 476 g/mol. The fourth-order valence-corrected chi connectivity index (χ4v) is 5.82. The molecule has 2 atom stereocenters. The molecule has 0 radical (unpaired) electrons. The van der Waals surface area contributed by atoms with Crippen LogP contribution in [-0.4, -0.2) is 38.9 Å². The van der Waals surface area contributed by atoms with E-state index in [0.29, 0.717) is 48.1 Å². The number of fused-ring (bicyclic) bond motifs is 1. The summed E-state index contributed by atoms with van der Waals surface area (Å²) in [5, 5.41) is 4.65. The number of aryl methyl sites for hydroxylation is 1. The van der Waals surface area contributed by atoms with Gasteiger partial charge in [0.05, 0.1) is 5.52 Å². The molecule has 9 heteroatoms. The Labute approximate surface area is 214 Å². The molecule has 2 amide bonds. The van der Waals surface area contributed by atoms with Crippen molar-refractivity contribution in [3.8, 4) is 0 Å². The first-order chi connectivity index (χ1) is 17.2. The zero-order valence-electron chi connectivity index (χ0n) is 21.2. The molecule has 1 aliphatic heterocycles. The van der Waals surface area contributed by atoms with Gasteiger partial charge in [-0.05, 0) is 48.6 Å². The smallest absolute Gasteiger partial charge is 0.332 e. The van der Waals surface area contributed by atoms with Crippen LogP contribution >= 0.6 is 11.3 Å². The number of carbonyl (C=O) groups excluding carboxylic acids is 2. The highest BCUT2D eigenvalue weighted by atomic mass is 32.1. The van der Waals surface area contributed by atoms with Gasteiger partial charge < -0.3 is 10.2 Å². The first kappa shape index (κ1) is 25.9. The van der Waals surface area contributed by atoms with Crippen LogP contribution in [0.15, 0.2) is 45.3 Å². The highest BCUT2D eigenvalue weighted by Gasteiger charge is 2.26. The number of aromatic nitrogens is 2. The standard InChI is InChI=1S/C27H34N4O4S/c1-18-6-8-21(9-7-18)14-28-23(32)5-4-11-30-26(34)25-22(10-12-36-25)31(27(30)35)17-24(33)29-15-19(2)13-20(3)16-29/h6-10,12,19-20H,4-5,11,13-17H2,1-3H3,(H,28,32)/t19-,20+. The van der Waals surface area contributed by atoms with Gasteiger partial charge in [0.2, 0.25) is 11.8 Å². The zero-order chi connectivity index (χ0) is 25.8. The molecule has 2 aromatic heterocycles. The monoisotopic (exact) mass is 510 g/mol. The largest absolute Gasteiger partial charge is 0.352 e. The van der Waals surface area contributed by atoms with Crippen LogP contribution in [0.25, 0.3) is 10.2 Å². The summed E-state index contributed by atoms with van der Waals surface area (Å²) in [5.74, 6) is 0.594. The average molecular weight is 511 g/mol. The second-order valence-electron chi connectivity index (χ2n) is 10.1. The average Bonchev–Trinajstić information content (AvgIpc) is 3.33. The molecule has 1 fully saturated rings. The van der Waals surface area contributed by atoms with Crippen molar-refractivity contribution < 1.29 is 9.59 Å². The molecule has 3 aromatic rings. The number of rotatable bonds is 8. The first-order valence-corrected chi connectivity index (χ1v) is 13.4. The van der Waals surface area contributed by atoms with E-state index in [-0.39, 0.29) is 36.9 Å². The van der Waals surface area contributed by atoms with Crippen LogP contribution in [0.4, 0.5) is 0 Å². The van der Waals surface area contributed by atoms with Crippen LogP contribution in [0, 0.1) is 18.8 Å². The number of piperidine rings is 1. The summed E-state index contributed by atoms with van der Waals surface area (Å²) in [6.07, 6.45) is 1.63. The third-order valence-electron chi connectivity index (χ3n) is 6.75. The molecule has 0 bridgehead atoms. The SMILES string of the molecule is Cc1ccc(CNC(=O)CCCn2c(=O)c3sccc3n(CC(=O)N3C[C@H](C)C[C@H](C)C3)c2=O)cc1. The maximum absolute atomic E-state index is 13.3. The highest BCUT2D eigenvalue weighted by molar-refractivity contribution is 7.17. The lowest BCUT2D eigenvalue weighted by Gasteiger charge is -2.35. The third kappa shape index (κ3) is 5.95. The van der Waals surface area contributed by atoms with Crippen molar-refractivity contribution in [1.82, 2.24) is 19.4 Å². The number of nitrogens with one attached hydrogen (secondary N) is 1. The molecule has 0 spiro atoms. The molecule has 192 valence electrons. The van der Waals surface area contributed by atoms with Crippen LogP contribution in [0.5, 0.6) is 0 Å². The minimum Gasteiger partial charge on any atom is -0.352 e. The van der Waals surface area contributed by atoms with Gasteiger partial charge in [-0.15, -0.1) is 11.3 Å². The number of likely N-dealkylation sites (tertiary alicyclic amines) is 1. The normalized spacial score (nSPS) is 17.9. The van der Waals surface area contributed by atoms with Crippen molar-refractivity contribution >= 4 is 33.4 Å². The van der Waals surface area contributed by atoms with Crippen LogP contribution in [-0.2, 0) is 29.2 Å². The molecule has 0 saturated carbocycles. The Morgan fingerprint density at radius 2 is 1.72 bits per heavy atom. The molecule has 1 aliphatic rings. The van der Waals surface area contributed by atoms with E-state index >= 15 is 0 Å². The Morgan fingerprint density at radius 3 is 2.42 bits per heavy atom. The topological polar surface area (TPSA) is 93.4 Å². The molecule has 1 aromatic carbocycles. The summed E-state index contributed by atoms with van der Waals surface area (Å²) >= 11 is 1.26. The summed E-state index contributed by atoms with van der Waals surface area (Å²) in [7, 11) is 0. The van der Waals surface area contributed by atoms with Gasteiger partial charge in [-0.3, -0.25) is 23.5 Å². The van der Waals surface area contributed by atoms with Gasteiger partial charge in [0.25, 0.3) is 5.56 Å². The number of hydrogen-bond donors (Lipinski definition) is 1. The summed E-state index contributed by atoms with van der Waals surface area (Å²) in [4.78, 5) is 53.6. The first-order valence-electron chi connectivity index (χ1n) is 12.5. The molecule has 36 heavy (non-hydrogen) atoms. The lowest BCUT2D eigenvalue weighted by molar-refractivity contribution is -0.134. The lowest BCUT2D eigenvalue weighted by Crippen LogP contribution is -2.47. The van der Waals surface area contributed by atoms with Gasteiger partial charge in [-0.25, -0.2) is 4.79 Å². The predicted octanol–water partition coefficient (Wildman–Crippen LogP) is 3.13. The van der Waals surface area contributed by atoms with E-state index in [1.807, 2.05) is 36.1 Å². The Morgan fingerprint density at radius 1 is 1.03 bits per heavy atom. The quantitative estimate of drug-likeness (QED) is 0.504. The molecule has 1 saturated heterocycles. The van der Waals surface area contributed by atoms with Crippen molar-refractivity contribution in [2.45, 2.75) is 59.7 Å². The fourth-order valence-electron chi connectivity index (χ4n) is 4.98. The number of nitrogens with zero attached hydrogens (tertiary/aromatic N) is 3. The Kier molecular flexibility index (Phi) is 8.08. The maximum Gasteiger partial charge on any atom is 0.332 e. The fraction of sp³-hybridized carbons (Fsp3) is 0.481. The van der Waals surface area contributed by atoms with Crippen LogP contribution < -0.4 is 16.6 Å². The van der Waals surface area contributed by atoms with Crippen LogP contribution in [0.2, 0.25) is 0 Å².